The number of amides is 1. The first kappa shape index (κ1) is 19.7. The second kappa shape index (κ2) is 8.31. The van der Waals surface area contributed by atoms with Crippen molar-refractivity contribution in [2.75, 3.05) is 19.5 Å². The Bertz CT molecular complexity index is 980. The highest BCUT2D eigenvalue weighted by atomic mass is 35.5. The van der Waals surface area contributed by atoms with Gasteiger partial charge < -0.3 is 14.8 Å². The van der Waals surface area contributed by atoms with Crippen molar-refractivity contribution in [3.63, 3.8) is 0 Å². The van der Waals surface area contributed by atoms with E-state index in [1.54, 1.807) is 37.3 Å². The molecule has 0 saturated carbocycles. The van der Waals surface area contributed by atoms with Gasteiger partial charge in [0.25, 0.3) is 5.91 Å². The minimum Gasteiger partial charge on any atom is -0.497 e. The fourth-order valence-corrected chi connectivity index (χ4v) is 3.07. The zero-order chi connectivity index (χ0) is 20.3. The molecule has 6 nitrogen and oxygen atoms in total. The molecular formula is C20H19ClFN3O3. The third-order valence-electron chi connectivity index (χ3n) is 4.15. The lowest BCUT2D eigenvalue weighted by molar-refractivity contribution is 0.102. The molecule has 3 rings (SSSR count). The maximum atomic E-state index is 13.1. The Morgan fingerprint density at radius 3 is 2.32 bits per heavy atom. The zero-order valence-corrected chi connectivity index (χ0v) is 16.4. The minimum atomic E-state index is -0.400. The van der Waals surface area contributed by atoms with Crippen LogP contribution in [-0.2, 0) is 6.54 Å². The van der Waals surface area contributed by atoms with Crippen LogP contribution in [0.25, 0.3) is 0 Å². The smallest absolute Gasteiger partial charge is 0.260 e. The highest BCUT2D eigenvalue weighted by Crippen LogP contribution is 2.27. The van der Waals surface area contributed by atoms with Gasteiger partial charge in [-0.25, -0.2) is 9.07 Å². The molecule has 0 fully saturated rings. The molecule has 28 heavy (non-hydrogen) atoms. The molecule has 1 N–H and O–H groups in total. The molecule has 0 radical (unpaired) electrons. The van der Waals surface area contributed by atoms with Gasteiger partial charge in [-0.1, -0.05) is 23.7 Å². The molecule has 8 heteroatoms. The number of anilines is 1. The third-order valence-corrected chi connectivity index (χ3v) is 4.53. The van der Waals surface area contributed by atoms with Crippen molar-refractivity contribution < 1.29 is 18.7 Å². The molecule has 1 heterocycles. The molecule has 2 aromatic carbocycles. The number of methoxy groups -OCH3 is 2. The van der Waals surface area contributed by atoms with Gasteiger partial charge in [-0.2, -0.15) is 5.10 Å². The number of halogens is 2. The topological polar surface area (TPSA) is 65.4 Å². The predicted octanol–water partition coefficient (Wildman–Crippen LogP) is 4.30. The summed E-state index contributed by atoms with van der Waals surface area (Å²) in [5, 5.41) is 7.33. The molecule has 0 atom stereocenters. The van der Waals surface area contributed by atoms with E-state index >= 15 is 0 Å². The van der Waals surface area contributed by atoms with Crippen LogP contribution < -0.4 is 14.8 Å². The summed E-state index contributed by atoms with van der Waals surface area (Å²) in [5.41, 5.74) is 2.07. The molecule has 0 unspecified atom stereocenters. The Labute approximate surface area is 166 Å². The van der Waals surface area contributed by atoms with E-state index in [1.807, 2.05) is 0 Å². The minimum absolute atomic E-state index is 0.203. The predicted molar refractivity (Wildman–Crippen MR) is 105 cm³/mol. The molecule has 0 spiro atoms. The number of hydrogen-bond acceptors (Lipinski definition) is 4. The van der Waals surface area contributed by atoms with E-state index in [0.29, 0.717) is 29.4 Å². The summed E-state index contributed by atoms with van der Waals surface area (Å²) in [6.07, 6.45) is 0. The Balaban J connectivity index is 1.84. The van der Waals surface area contributed by atoms with Crippen molar-refractivity contribution in [2.45, 2.75) is 13.5 Å². The van der Waals surface area contributed by atoms with Gasteiger partial charge >= 0.3 is 0 Å². The fourth-order valence-electron chi connectivity index (χ4n) is 2.75. The van der Waals surface area contributed by atoms with Gasteiger partial charge in [-0.05, 0) is 24.6 Å². The van der Waals surface area contributed by atoms with E-state index in [1.165, 1.54) is 31.0 Å². The maximum Gasteiger partial charge on any atom is 0.260 e. The van der Waals surface area contributed by atoms with Gasteiger partial charge in [-0.15, -0.1) is 0 Å². The summed E-state index contributed by atoms with van der Waals surface area (Å²) in [6.45, 7) is 2.02. The highest BCUT2D eigenvalue weighted by Gasteiger charge is 2.21. The molecular weight excluding hydrogens is 385 g/mol. The zero-order valence-electron chi connectivity index (χ0n) is 15.6. The van der Waals surface area contributed by atoms with Crippen LogP contribution in [-0.4, -0.2) is 29.9 Å². The van der Waals surface area contributed by atoms with Crippen molar-refractivity contribution in [1.29, 1.82) is 0 Å². The lowest BCUT2D eigenvalue weighted by Gasteiger charge is -2.10. The number of hydrogen-bond donors (Lipinski definition) is 1. The molecule has 0 aliphatic rings. The quantitative estimate of drug-likeness (QED) is 0.666. The van der Waals surface area contributed by atoms with Crippen LogP contribution in [0, 0.1) is 12.7 Å². The van der Waals surface area contributed by atoms with Crippen molar-refractivity contribution >= 4 is 23.2 Å². The van der Waals surface area contributed by atoms with Crippen LogP contribution in [0.1, 0.15) is 21.6 Å². The molecule has 0 aliphatic heterocycles. The molecule has 1 amide bonds. The van der Waals surface area contributed by atoms with Crippen LogP contribution in [0.5, 0.6) is 11.5 Å². The summed E-state index contributed by atoms with van der Waals surface area (Å²) in [6, 6.07) is 11.1. The van der Waals surface area contributed by atoms with Gasteiger partial charge in [0.15, 0.2) is 0 Å². The Morgan fingerprint density at radius 1 is 1.14 bits per heavy atom. The standard InChI is InChI=1S/C20H19ClFN3O3/c1-12-18(19(21)25(24-12)11-13-4-6-14(22)7-5-13)20(26)23-15-8-16(27-2)10-17(9-15)28-3/h4-10H,11H2,1-3H3,(H,23,26). The molecule has 146 valence electrons. The van der Waals surface area contributed by atoms with E-state index in [2.05, 4.69) is 10.4 Å². The number of nitrogens with zero attached hydrogens (tertiary/aromatic N) is 2. The molecule has 0 saturated heterocycles. The van der Waals surface area contributed by atoms with Crippen molar-refractivity contribution in [1.82, 2.24) is 9.78 Å². The average molecular weight is 404 g/mol. The molecule has 0 aliphatic carbocycles. The summed E-state index contributed by atoms with van der Waals surface area (Å²) < 4.78 is 25.0. The summed E-state index contributed by atoms with van der Waals surface area (Å²) in [7, 11) is 3.06. The Hall–Kier alpha value is -3.06. The Morgan fingerprint density at radius 2 is 1.75 bits per heavy atom. The number of benzene rings is 2. The first-order chi connectivity index (χ1) is 13.4. The van der Waals surface area contributed by atoms with E-state index in [0.717, 1.165) is 5.56 Å². The largest absolute Gasteiger partial charge is 0.497 e. The second-order valence-electron chi connectivity index (χ2n) is 6.09. The van der Waals surface area contributed by atoms with Gasteiger partial charge in [0, 0.05) is 23.9 Å². The lowest BCUT2D eigenvalue weighted by Crippen LogP contribution is -2.13. The number of carbonyl (C=O) groups excluding carboxylic acids is 1. The SMILES string of the molecule is COc1cc(NC(=O)c2c(C)nn(Cc3ccc(F)cc3)c2Cl)cc(OC)c1. The van der Waals surface area contributed by atoms with Crippen LogP contribution in [0.15, 0.2) is 42.5 Å². The number of rotatable bonds is 6. The maximum absolute atomic E-state index is 13.1. The number of ether oxygens (including phenoxy) is 2. The van der Waals surface area contributed by atoms with Crippen LogP contribution in [0.2, 0.25) is 5.15 Å². The third kappa shape index (κ3) is 4.26. The van der Waals surface area contributed by atoms with Crippen molar-refractivity contribution in [3.8, 4) is 11.5 Å². The van der Waals surface area contributed by atoms with Crippen molar-refractivity contribution in [3.05, 3.63) is 70.3 Å². The molecule has 1 aromatic heterocycles. The molecule has 0 bridgehead atoms. The van der Waals surface area contributed by atoms with Gasteiger partial charge in [0.1, 0.15) is 22.5 Å². The average Bonchev–Trinajstić information content (AvgIpc) is 2.96. The lowest BCUT2D eigenvalue weighted by atomic mass is 10.2. The monoisotopic (exact) mass is 403 g/mol. The number of carbonyl (C=O) groups is 1. The summed E-state index contributed by atoms with van der Waals surface area (Å²) >= 11 is 6.41. The normalized spacial score (nSPS) is 10.6. The second-order valence-corrected chi connectivity index (χ2v) is 6.45. The first-order valence-corrected chi connectivity index (χ1v) is 8.81. The van der Waals surface area contributed by atoms with E-state index < -0.39 is 5.91 Å². The first-order valence-electron chi connectivity index (χ1n) is 8.43. The number of aromatic nitrogens is 2. The van der Waals surface area contributed by atoms with E-state index in [9.17, 15) is 9.18 Å². The number of nitrogens with one attached hydrogen (secondary N) is 1. The summed E-state index contributed by atoms with van der Waals surface area (Å²) in [5.74, 6) is 0.373. The molecule has 3 aromatic rings. The van der Waals surface area contributed by atoms with Crippen molar-refractivity contribution in [2.24, 2.45) is 0 Å². The van der Waals surface area contributed by atoms with Crippen LogP contribution in [0.3, 0.4) is 0 Å². The highest BCUT2D eigenvalue weighted by molar-refractivity contribution is 6.33. The van der Waals surface area contributed by atoms with E-state index in [-0.39, 0.29) is 16.5 Å². The van der Waals surface area contributed by atoms with E-state index in [4.69, 9.17) is 21.1 Å². The van der Waals surface area contributed by atoms with Gasteiger partial charge in [0.05, 0.1) is 32.0 Å². The van der Waals surface area contributed by atoms with Gasteiger partial charge in [0.2, 0.25) is 0 Å². The van der Waals surface area contributed by atoms with Crippen LogP contribution >= 0.6 is 11.6 Å². The fraction of sp³-hybridized carbons (Fsp3) is 0.200. The number of aryl methyl sites for hydroxylation is 1. The van der Waals surface area contributed by atoms with Gasteiger partial charge in [-0.3, -0.25) is 4.79 Å². The Kier molecular flexibility index (Phi) is 5.84. The summed E-state index contributed by atoms with van der Waals surface area (Å²) in [4.78, 5) is 12.8. The van der Waals surface area contributed by atoms with Crippen LogP contribution in [0.4, 0.5) is 10.1 Å².